The van der Waals surface area contributed by atoms with Gasteiger partial charge in [-0.05, 0) is 62.3 Å². The zero-order chi connectivity index (χ0) is 16.5. The molecule has 0 aromatic carbocycles. The summed E-state index contributed by atoms with van der Waals surface area (Å²) in [5.74, 6) is 0.881. The summed E-state index contributed by atoms with van der Waals surface area (Å²) in [4.78, 5) is 8.60. The van der Waals surface area contributed by atoms with Gasteiger partial charge >= 0.3 is 6.01 Å². The first-order valence-electron chi connectivity index (χ1n) is 7.20. The second-order valence-electron chi connectivity index (χ2n) is 7.97. The van der Waals surface area contributed by atoms with Gasteiger partial charge in [-0.25, -0.2) is 0 Å². The van der Waals surface area contributed by atoms with Crippen molar-refractivity contribution in [1.82, 2.24) is 9.97 Å². The molecule has 0 N–H and O–H groups in total. The maximum absolute atomic E-state index is 5.80. The summed E-state index contributed by atoms with van der Waals surface area (Å²) in [6.45, 7) is 17.6. The molecule has 0 amide bonds. The van der Waals surface area contributed by atoms with E-state index in [1.165, 1.54) is 0 Å². The molecule has 0 bridgehead atoms. The third-order valence-corrected chi connectivity index (χ3v) is 1.88. The highest BCUT2D eigenvalue weighted by molar-refractivity contribution is 5.24. The molecule has 21 heavy (non-hydrogen) atoms. The molecule has 0 saturated carbocycles. The molecule has 0 atom stereocenters. The Morgan fingerprint density at radius 1 is 0.619 bits per heavy atom. The number of ether oxygens (including phenoxy) is 3. The Kier molecular flexibility index (Phi) is 4.76. The summed E-state index contributed by atoms with van der Waals surface area (Å²) < 4.78 is 17.3. The number of rotatable bonds is 3. The van der Waals surface area contributed by atoms with Crippen molar-refractivity contribution in [3.63, 3.8) is 0 Å². The molecule has 1 aromatic heterocycles. The number of hydrogen-bond acceptors (Lipinski definition) is 5. The minimum atomic E-state index is -0.390. The van der Waals surface area contributed by atoms with E-state index in [-0.39, 0.29) is 22.8 Å². The Morgan fingerprint density at radius 3 is 1.24 bits per heavy atom. The average Bonchev–Trinajstić information content (AvgIpc) is 2.06. The van der Waals surface area contributed by atoms with Crippen molar-refractivity contribution >= 4 is 0 Å². The molecule has 0 aliphatic heterocycles. The van der Waals surface area contributed by atoms with Crippen LogP contribution in [0.2, 0.25) is 0 Å². The molecular formula is C16H28N2O3. The topological polar surface area (TPSA) is 53.5 Å². The molecule has 120 valence electrons. The Bertz CT molecular complexity index is 396. The standard InChI is InChI=1S/C16H28N2O3/c1-14(2,3)19-11-10-12(20-15(4,5)6)18-13(17-11)21-16(7,8)9/h10H,1-9H3. The second-order valence-corrected chi connectivity index (χ2v) is 7.97. The van der Waals surface area contributed by atoms with Crippen LogP contribution in [0.4, 0.5) is 0 Å². The molecule has 0 radical (unpaired) electrons. The van der Waals surface area contributed by atoms with Crippen LogP contribution < -0.4 is 14.2 Å². The van der Waals surface area contributed by atoms with Gasteiger partial charge in [-0.2, -0.15) is 9.97 Å². The van der Waals surface area contributed by atoms with Gasteiger partial charge in [-0.3, -0.25) is 0 Å². The van der Waals surface area contributed by atoms with Crippen molar-refractivity contribution < 1.29 is 14.2 Å². The van der Waals surface area contributed by atoms with Gasteiger partial charge in [0.25, 0.3) is 0 Å². The van der Waals surface area contributed by atoms with E-state index in [4.69, 9.17) is 14.2 Å². The van der Waals surface area contributed by atoms with E-state index in [0.717, 1.165) is 0 Å². The Hall–Kier alpha value is -1.52. The summed E-state index contributed by atoms with van der Waals surface area (Å²) in [7, 11) is 0. The summed E-state index contributed by atoms with van der Waals surface area (Å²) in [5, 5.41) is 0. The lowest BCUT2D eigenvalue weighted by molar-refractivity contribution is 0.0912. The lowest BCUT2D eigenvalue weighted by Gasteiger charge is -2.25. The van der Waals surface area contributed by atoms with E-state index in [0.29, 0.717) is 11.8 Å². The molecule has 0 aliphatic carbocycles. The van der Waals surface area contributed by atoms with Crippen LogP contribution in [0.1, 0.15) is 62.3 Å². The first kappa shape index (κ1) is 17.5. The van der Waals surface area contributed by atoms with Gasteiger partial charge in [0.15, 0.2) is 0 Å². The molecule has 0 unspecified atom stereocenters. The van der Waals surface area contributed by atoms with Crippen LogP contribution in [0.3, 0.4) is 0 Å². The molecule has 1 aromatic rings. The van der Waals surface area contributed by atoms with E-state index in [2.05, 4.69) is 9.97 Å². The van der Waals surface area contributed by atoms with Gasteiger partial charge in [-0.15, -0.1) is 0 Å². The quantitative estimate of drug-likeness (QED) is 0.843. The van der Waals surface area contributed by atoms with Gasteiger partial charge in [-0.1, -0.05) is 0 Å². The first-order valence-corrected chi connectivity index (χ1v) is 7.20. The van der Waals surface area contributed by atoms with Crippen molar-refractivity contribution in [2.75, 3.05) is 0 Å². The molecule has 5 nitrogen and oxygen atoms in total. The summed E-state index contributed by atoms with van der Waals surface area (Å²) in [6, 6.07) is 1.94. The molecule has 0 fully saturated rings. The number of nitrogens with zero attached hydrogens (tertiary/aromatic N) is 2. The van der Waals surface area contributed by atoms with Crippen molar-refractivity contribution in [1.29, 1.82) is 0 Å². The highest BCUT2D eigenvalue weighted by Gasteiger charge is 2.21. The Morgan fingerprint density at radius 2 is 0.952 bits per heavy atom. The van der Waals surface area contributed by atoms with Crippen LogP contribution in [0.15, 0.2) is 6.07 Å². The summed E-state index contributed by atoms with van der Waals surface area (Å²) in [6.07, 6.45) is 0. The summed E-state index contributed by atoms with van der Waals surface area (Å²) >= 11 is 0. The van der Waals surface area contributed by atoms with Crippen LogP contribution in [-0.2, 0) is 0 Å². The van der Waals surface area contributed by atoms with Gasteiger partial charge in [0, 0.05) is 0 Å². The minimum Gasteiger partial charge on any atom is -0.472 e. The summed E-state index contributed by atoms with van der Waals surface area (Å²) in [5.41, 5.74) is -1.10. The second kappa shape index (κ2) is 5.70. The molecule has 1 heterocycles. The van der Waals surface area contributed by atoms with Gasteiger partial charge < -0.3 is 14.2 Å². The fourth-order valence-corrected chi connectivity index (χ4v) is 1.44. The van der Waals surface area contributed by atoms with Gasteiger partial charge in [0.05, 0.1) is 6.07 Å². The highest BCUT2D eigenvalue weighted by Crippen LogP contribution is 2.26. The van der Waals surface area contributed by atoms with Crippen molar-refractivity contribution in [3.8, 4) is 17.8 Å². The maximum atomic E-state index is 5.80. The zero-order valence-electron chi connectivity index (χ0n) is 14.7. The van der Waals surface area contributed by atoms with Crippen molar-refractivity contribution in [2.45, 2.75) is 79.1 Å². The normalized spacial score (nSPS) is 13.0. The predicted octanol–water partition coefficient (Wildman–Crippen LogP) is 4.01. The zero-order valence-corrected chi connectivity index (χ0v) is 14.7. The third-order valence-electron chi connectivity index (χ3n) is 1.88. The van der Waals surface area contributed by atoms with Crippen LogP contribution in [0.5, 0.6) is 17.8 Å². The molecule has 0 saturated heterocycles. The van der Waals surface area contributed by atoms with E-state index in [1.807, 2.05) is 62.3 Å². The average molecular weight is 296 g/mol. The van der Waals surface area contributed by atoms with E-state index in [1.54, 1.807) is 6.07 Å². The van der Waals surface area contributed by atoms with Crippen LogP contribution >= 0.6 is 0 Å². The number of hydrogen-bond donors (Lipinski definition) is 0. The van der Waals surface area contributed by atoms with Crippen LogP contribution in [-0.4, -0.2) is 26.8 Å². The third kappa shape index (κ3) is 7.73. The molecule has 5 heteroatoms. The lowest BCUT2D eigenvalue weighted by Crippen LogP contribution is -2.27. The fraction of sp³-hybridized carbons (Fsp3) is 0.750. The molecule has 0 spiro atoms. The monoisotopic (exact) mass is 296 g/mol. The van der Waals surface area contributed by atoms with Crippen molar-refractivity contribution in [2.24, 2.45) is 0 Å². The van der Waals surface area contributed by atoms with E-state index < -0.39 is 0 Å². The SMILES string of the molecule is CC(C)(C)Oc1cc(OC(C)(C)C)nc(OC(C)(C)C)n1. The largest absolute Gasteiger partial charge is 0.472 e. The highest BCUT2D eigenvalue weighted by atomic mass is 16.5. The number of aromatic nitrogens is 2. The van der Waals surface area contributed by atoms with E-state index in [9.17, 15) is 0 Å². The lowest BCUT2D eigenvalue weighted by atomic mass is 10.2. The van der Waals surface area contributed by atoms with Crippen molar-refractivity contribution in [3.05, 3.63) is 6.07 Å². The molecular weight excluding hydrogens is 268 g/mol. The van der Waals surface area contributed by atoms with Crippen LogP contribution in [0.25, 0.3) is 0 Å². The van der Waals surface area contributed by atoms with E-state index >= 15 is 0 Å². The maximum Gasteiger partial charge on any atom is 0.323 e. The van der Waals surface area contributed by atoms with Gasteiger partial charge in [0.1, 0.15) is 16.8 Å². The predicted molar refractivity (Wildman–Crippen MR) is 83.2 cm³/mol. The molecule has 0 aliphatic rings. The molecule has 1 rings (SSSR count). The first-order chi connectivity index (χ1) is 9.23. The van der Waals surface area contributed by atoms with Crippen LogP contribution in [0, 0.1) is 0 Å². The minimum absolute atomic E-state index is 0.253. The fourth-order valence-electron chi connectivity index (χ4n) is 1.44. The van der Waals surface area contributed by atoms with Gasteiger partial charge in [0.2, 0.25) is 11.8 Å². The Balaban J connectivity index is 3.13. The Labute approximate surface area is 128 Å². The smallest absolute Gasteiger partial charge is 0.323 e.